The molecule has 0 spiro atoms. The van der Waals surface area contributed by atoms with Crippen LogP contribution in [0.2, 0.25) is 0 Å². The van der Waals surface area contributed by atoms with Crippen LogP contribution >= 0.6 is 24.0 Å². The van der Waals surface area contributed by atoms with Gasteiger partial charge in [0.1, 0.15) is 11.1 Å². The van der Waals surface area contributed by atoms with Crippen LogP contribution in [-0.4, -0.2) is 33.6 Å². The van der Waals surface area contributed by atoms with Crippen molar-refractivity contribution in [3.05, 3.63) is 23.9 Å². The van der Waals surface area contributed by atoms with Gasteiger partial charge < -0.3 is 10.1 Å². The number of aryl methyl sites for hydroxylation is 1. The summed E-state index contributed by atoms with van der Waals surface area (Å²) in [5, 5.41) is 8.82. The summed E-state index contributed by atoms with van der Waals surface area (Å²) < 4.78 is 5.21. The van der Waals surface area contributed by atoms with Crippen LogP contribution in [0.5, 0.6) is 5.88 Å². The first-order valence-corrected chi connectivity index (χ1v) is 6.47. The molecule has 0 aliphatic rings. The third-order valence-electron chi connectivity index (χ3n) is 2.74. The van der Waals surface area contributed by atoms with Gasteiger partial charge in [0, 0.05) is 11.8 Å². The van der Waals surface area contributed by atoms with Crippen molar-refractivity contribution >= 4 is 35.6 Å². The van der Waals surface area contributed by atoms with Gasteiger partial charge in [0.15, 0.2) is 0 Å². The number of anilines is 1. The fourth-order valence-corrected chi connectivity index (χ4v) is 1.78. The molecule has 0 radical (unpaired) electrons. The molecule has 0 aliphatic heterocycles. The van der Waals surface area contributed by atoms with Gasteiger partial charge in [0.25, 0.3) is 0 Å². The summed E-state index contributed by atoms with van der Waals surface area (Å²) in [5.74, 6) is 0.199. The highest BCUT2D eigenvalue weighted by atomic mass is 35.5. The number of ether oxygens (including phenoxy) is 1. The quantitative estimate of drug-likeness (QED) is 0.844. The van der Waals surface area contributed by atoms with E-state index >= 15 is 0 Å². The van der Waals surface area contributed by atoms with Crippen molar-refractivity contribution in [3.8, 4) is 17.3 Å². The predicted molar refractivity (Wildman–Crippen MR) is 84.3 cm³/mol. The van der Waals surface area contributed by atoms with Crippen LogP contribution in [0.25, 0.3) is 11.4 Å². The van der Waals surface area contributed by atoms with Crippen molar-refractivity contribution in [3.63, 3.8) is 0 Å². The summed E-state index contributed by atoms with van der Waals surface area (Å²) in [6, 6.07) is 3.55. The van der Waals surface area contributed by atoms with Crippen molar-refractivity contribution in [1.29, 1.82) is 0 Å². The van der Waals surface area contributed by atoms with Crippen LogP contribution in [-0.2, 0) is 4.79 Å². The SMILES string of the molecule is COc1nc(-c2ccn[nH]2)c(NC(=O)C(C)Cl)cc1C.Cl. The summed E-state index contributed by atoms with van der Waals surface area (Å²) in [6.45, 7) is 3.46. The van der Waals surface area contributed by atoms with Crippen LogP contribution < -0.4 is 10.1 Å². The number of hydrogen-bond acceptors (Lipinski definition) is 4. The number of H-pyrrole nitrogens is 1. The standard InChI is InChI=1S/C13H15ClN4O2.ClH/c1-7-6-10(16-12(19)8(2)14)11(17-13(7)20-3)9-4-5-15-18-9;/h4-6,8H,1-3H3,(H,15,18)(H,16,19);1H. The van der Waals surface area contributed by atoms with Gasteiger partial charge in [-0.05, 0) is 26.0 Å². The van der Waals surface area contributed by atoms with E-state index in [4.69, 9.17) is 16.3 Å². The Labute approximate surface area is 133 Å². The van der Waals surface area contributed by atoms with Crippen LogP contribution in [0.1, 0.15) is 12.5 Å². The molecule has 0 bridgehead atoms. The van der Waals surface area contributed by atoms with E-state index in [2.05, 4.69) is 20.5 Å². The molecule has 21 heavy (non-hydrogen) atoms. The number of aromatic amines is 1. The minimum Gasteiger partial charge on any atom is -0.481 e. The van der Waals surface area contributed by atoms with E-state index in [1.165, 1.54) is 0 Å². The first-order valence-electron chi connectivity index (χ1n) is 6.03. The van der Waals surface area contributed by atoms with Gasteiger partial charge in [-0.25, -0.2) is 4.98 Å². The van der Waals surface area contributed by atoms with Gasteiger partial charge in [0.2, 0.25) is 11.8 Å². The van der Waals surface area contributed by atoms with Crippen molar-refractivity contribution in [1.82, 2.24) is 15.2 Å². The molecule has 2 aromatic heterocycles. The van der Waals surface area contributed by atoms with Crippen molar-refractivity contribution in [2.45, 2.75) is 19.2 Å². The Bertz CT molecular complexity index is 615. The number of halogens is 2. The van der Waals surface area contributed by atoms with Crippen molar-refractivity contribution in [2.24, 2.45) is 0 Å². The first kappa shape index (κ1) is 17.3. The number of carbonyl (C=O) groups is 1. The van der Waals surface area contributed by atoms with Gasteiger partial charge >= 0.3 is 0 Å². The number of methoxy groups -OCH3 is 1. The lowest BCUT2D eigenvalue weighted by Crippen LogP contribution is -2.21. The average Bonchev–Trinajstić information content (AvgIpc) is 2.92. The first-order chi connectivity index (χ1) is 9.52. The molecule has 6 nitrogen and oxygen atoms in total. The van der Waals surface area contributed by atoms with Gasteiger partial charge in [-0.1, -0.05) is 0 Å². The smallest absolute Gasteiger partial charge is 0.242 e. The highest BCUT2D eigenvalue weighted by Gasteiger charge is 2.17. The monoisotopic (exact) mass is 330 g/mol. The lowest BCUT2D eigenvalue weighted by Gasteiger charge is -2.13. The highest BCUT2D eigenvalue weighted by molar-refractivity contribution is 6.32. The van der Waals surface area contributed by atoms with Crippen LogP contribution in [0.4, 0.5) is 5.69 Å². The van der Waals surface area contributed by atoms with Gasteiger partial charge in [-0.3, -0.25) is 9.89 Å². The van der Waals surface area contributed by atoms with E-state index in [-0.39, 0.29) is 18.3 Å². The van der Waals surface area contributed by atoms with E-state index in [0.717, 1.165) is 5.56 Å². The zero-order valence-electron chi connectivity index (χ0n) is 11.8. The molecule has 0 fully saturated rings. The summed E-state index contributed by atoms with van der Waals surface area (Å²) in [6.07, 6.45) is 1.61. The van der Waals surface area contributed by atoms with E-state index in [1.807, 2.05) is 6.92 Å². The van der Waals surface area contributed by atoms with Crippen molar-refractivity contribution < 1.29 is 9.53 Å². The van der Waals surface area contributed by atoms with E-state index < -0.39 is 5.38 Å². The fourth-order valence-electron chi connectivity index (χ4n) is 1.72. The number of nitrogens with one attached hydrogen (secondary N) is 2. The van der Waals surface area contributed by atoms with Gasteiger partial charge in [0.05, 0.1) is 18.5 Å². The van der Waals surface area contributed by atoms with Crippen LogP contribution in [0, 0.1) is 6.92 Å². The Morgan fingerprint density at radius 3 is 2.76 bits per heavy atom. The van der Waals surface area contributed by atoms with Gasteiger partial charge in [-0.2, -0.15) is 5.10 Å². The summed E-state index contributed by atoms with van der Waals surface area (Å²) in [4.78, 5) is 16.2. The third kappa shape index (κ3) is 3.86. The molecule has 0 saturated heterocycles. The summed E-state index contributed by atoms with van der Waals surface area (Å²) in [7, 11) is 1.55. The van der Waals surface area contributed by atoms with Gasteiger partial charge in [-0.15, -0.1) is 24.0 Å². The molecule has 1 atom stereocenters. The molecule has 0 saturated carbocycles. The number of amides is 1. The molecular weight excluding hydrogens is 315 g/mol. The van der Waals surface area contributed by atoms with Crippen LogP contribution in [0.3, 0.4) is 0 Å². The number of hydrogen-bond donors (Lipinski definition) is 2. The molecule has 1 amide bonds. The molecule has 0 aromatic carbocycles. The number of nitrogens with zero attached hydrogens (tertiary/aromatic N) is 2. The minimum atomic E-state index is -0.632. The zero-order chi connectivity index (χ0) is 14.7. The number of carbonyl (C=O) groups excluding carboxylic acids is 1. The summed E-state index contributed by atoms with van der Waals surface area (Å²) >= 11 is 5.78. The normalized spacial score (nSPS) is 11.4. The van der Waals surface area contributed by atoms with Crippen molar-refractivity contribution in [2.75, 3.05) is 12.4 Å². The van der Waals surface area contributed by atoms with E-state index in [0.29, 0.717) is 23.0 Å². The molecule has 0 aliphatic carbocycles. The maximum Gasteiger partial charge on any atom is 0.242 e. The predicted octanol–water partition coefficient (Wildman–Crippen LogP) is 2.78. The molecule has 2 rings (SSSR count). The molecule has 8 heteroatoms. The number of rotatable bonds is 4. The lowest BCUT2D eigenvalue weighted by atomic mass is 10.1. The number of aromatic nitrogens is 3. The topological polar surface area (TPSA) is 79.9 Å². The molecular formula is C13H16Cl2N4O2. The molecule has 2 N–H and O–H groups in total. The fraction of sp³-hybridized carbons (Fsp3) is 0.308. The Morgan fingerprint density at radius 2 is 2.24 bits per heavy atom. The zero-order valence-corrected chi connectivity index (χ0v) is 13.4. The Hall–Kier alpha value is -1.79. The molecule has 2 aromatic rings. The second-order valence-corrected chi connectivity index (χ2v) is 4.94. The number of alkyl halides is 1. The lowest BCUT2D eigenvalue weighted by molar-refractivity contribution is -0.115. The number of pyridine rings is 1. The molecule has 114 valence electrons. The molecule has 2 heterocycles. The molecule has 1 unspecified atom stereocenters. The maximum atomic E-state index is 11.8. The minimum absolute atomic E-state index is 0. The van der Waals surface area contributed by atoms with Crippen LogP contribution in [0.15, 0.2) is 18.3 Å². The average molecular weight is 331 g/mol. The van der Waals surface area contributed by atoms with E-state index in [1.54, 1.807) is 32.4 Å². The third-order valence-corrected chi connectivity index (χ3v) is 2.93. The largest absolute Gasteiger partial charge is 0.481 e. The maximum absolute atomic E-state index is 11.8. The highest BCUT2D eigenvalue weighted by Crippen LogP contribution is 2.29. The Balaban J connectivity index is 0.00000220. The second-order valence-electron chi connectivity index (χ2n) is 4.29. The Morgan fingerprint density at radius 1 is 1.52 bits per heavy atom. The van der Waals surface area contributed by atoms with E-state index in [9.17, 15) is 4.79 Å². The summed E-state index contributed by atoms with van der Waals surface area (Å²) in [5.41, 5.74) is 2.61. The second kappa shape index (κ2) is 7.28. The Kier molecular flexibility index (Phi) is 5.99.